The van der Waals surface area contributed by atoms with E-state index in [0.29, 0.717) is 11.5 Å². The molecule has 2 aromatic rings. The van der Waals surface area contributed by atoms with Gasteiger partial charge in [-0.2, -0.15) is 0 Å². The summed E-state index contributed by atoms with van der Waals surface area (Å²) in [4.78, 5) is 12.5. The van der Waals surface area contributed by atoms with Gasteiger partial charge >= 0.3 is 0 Å². The van der Waals surface area contributed by atoms with E-state index in [-0.39, 0.29) is 29.0 Å². The summed E-state index contributed by atoms with van der Waals surface area (Å²) in [5.41, 5.74) is 1.10. The normalized spacial score (nSPS) is 11.5. The highest BCUT2D eigenvalue weighted by Gasteiger charge is 2.18. The van der Waals surface area contributed by atoms with Crippen LogP contribution in [-0.2, 0) is 16.6 Å². The summed E-state index contributed by atoms with van der Waals surface area (Å²) in [6.45, 7) is 4.12. The lowest BCUT2D eigenvalue weighted by Gasteiger charge is -2.15. The van der Waals surface area contributed by atoms with Gasteiger partial charge in [0.25, 0.3) is 5.91 Å². The Bertz CT molecular complexity index is 939. The van der Waals surface area contributed by atoms with Crippen LogP contribution in [0.15, 0.2) is 47.4 Å². The second kappa shape index (κ2) is 9.07. The number of sulfonamides is 1. The number of nitrogens with zero attached hydrogens (tertiary/aromatic N) is 1. The van der Waals surface area contributed by atoms with Crippen LogP contribution in [-0.4, -0.2) is 45.9 Å². The van der Waals surface area contributed by atoms with Crippen LogP contribution in [0.4, 0.5) is 0 Å². The number of carbonyl (C=O) groups is 1. The summed E-state index contributed by atoms with van der Waals surface area (Å²) in [5, 5.41) is 2.79. The average Bonchev–Trinajstić information content (AvgIpc) is 2.66. The van der Waals surface area contributed by atoms with E-state index < -0.39 is 10.0 Å². The lowest BCUT2D eigenvalue weighted by molar-refractivity contribution is 0.0950. The van der Waals surface area contributed by atoms with Crippen LogP contribution in [0, 0.1) is 0 Å². The molecule has 7 nitrogen and oxygen atoms in total. The van der Waals surface area contributed by atoms with Crippen molar-refractivity contribution in [1.29, 1.82) is 0 Å². The minimum Gasteiger partial charge on any atom is -0.493 e. The second-order valence-electron chi connectivity index (χ2n) is 6.65. The highest BCUT2D eigenvalue weighted by atomic mass is 32.2. The Morgan fingerprint density at radius 3 is 2.43 bits per heavy atom. The van der Waals surface area contributed by atoms with Crippen molar-refractivity contribution in [2.24, 2.45) is 0 Å². The van der Waals surface area contributed by atoms with E-state index in [2.05, 4.69) is 5.32 Å². The zero-order valence-corrected chi connectivity index (χ0v) is 17.5. The van der Waals surface area contributed by atoms with Gasteiger partial charge in [-0.05, 0) is 49.7 Å². The fourth-order valence-corrected chi connectivity index (χ4v) is 3.41. The second-order valence-corrected chi connectivity index (χ2v) is 8.80. The van der Waals surface area contributed by atoms with E-state index in [4.69, 9.17) is 9.47 Å². The summed E-state index contributed by atoms with van der Waals surface area (Å²) >= 11 is 0. The lowest BCUT2D eigenvalue weighted by atomic mass is 10.1. The molecule has 0 fully saturated rings. The molecule has 0 aliphatic carbocycles. The van der Waals surface area contributed by atoms with Crippen LogP contribution in [0.1, 0.15) is 29.8 Å². The number of nitrogens with one attached hydrogen (secondary N) is 1. The van der Waals surface area contributed by atoms with Gasteiger partial charge < -0.3 is 14.8 Å². The van der Waals surface area contributed by atoms with Crippen LogP contribution in [0.25, 0.3) is 0 Å². The standard InChI is InChI=1S/C20H26N2O5S/c1-14(2)27-18-10-9-15(11-19(18)26-5)13-21-20(23)16-7-6-8-17(12-16)28(24,25)22(3)4/h6-12,14H,13H2,1-5H3,(H,21,23). The summed E-state index contributed by atoms with van der Waals surface area (Å²) in [6, 6.07) is 11.4. The molecule has 0 atom stereocenters. The van der Waals surface area contributed by atoms with Gasteiger partial charge in [-0.25, -0.2) is 12.7 Å². The third-order valence-electron chi connectivity index (χ3n) is 3.92. The zero-order valence-electron chi connectivity index (χ0n) is 16.7. The van der Waals surface area contributed by atoms with Crippen LogP contribution in [0.5, 0.6) is 11.5 Å². The quantitative estimate of drug-likeness (QED) is 0.729. The molecule has 2 rings (SSSR count). The van der Waals surface area contributed by atoms with Crippen molar-refractivity contribution in [2.75, 3.05) is 21.2 Å². The minimum atomic E-state index is -3.60. The van der Waals surface area contributed by atoms with Crippen molar-refractivity contribution in [3.05, 3.63) is 53.6 Å². The molecule has 2 aromatic carbocycles. The zero-order chi connectivity index (χ0) is 20.9. The smallest absolute Gasteiger partial charge is 0.251 e. The Hall–Kier alpha value is -2.58. The molecule has 28 heavy (non-hydrogen) atoms. The first-order chi connectivity index (χ1) is 13.1. The molecule has 0 bridgehead atoms. The summed E-state index contributed by atoms with van der Waals surface area (Å²) < 4.78 is 36.6. The molecule has 1 amide bonds. The number of benzene rings is 2. The molecule has 0 saturated carbocycles. The van der Waals surface area contributed by atoms with Crippen molar-refractivity contribution in [2.45, 2.75) is 31.4 Å². The van der Waals surface area contributed by atoms with Crippen LogP contribution in [0.2, 0.25) is 0 Å². The monoisotopic (exact) mass is 406 g/mol. The number of amides is 1. The highest BCUT2D eigenvalue weighted by molar-refractivity contribution is 7.89. The fourth-order valence-electron chi connectivity index (χ4n) is 2.47. The number of hydrogen-bond acceptors (Lipinski definition) is 5. The molecule has 0 aliphatic rings. The minimum absolute atomic E-state index is 0.0187. The summed E-state index contributed by atoms with van der Waals surface area (Å²) in [7, 11) is 0.849. The number of hydrogen-bond donors (Lipinski definition) is 1. The molecule has 152 valence electrons. The molecule has 8 heteroatoms. The van der Waals surface area contributed by atoms with Crippen molar-refractivity contribution in [3.63, 3.8) is 0 Å². The Balaban J connectivity index is 2.12. The van der Waals surface area contributed by atoms with Crippen LogP contribution >= 0.6 is 0 Å². The van der Waals surface area contributed by atoms with E-state index in [9.17, 15) is 13.2 Å². The predicted octanol–water partition coefficient (Wildman–Crippen LogP) is 2.66. The summed E-state index contributed by atoms with van der Waals surface area (Å²) in [5.74, 6) is 0.853. The molecule has 0 radical (unpaired) electrons. The number of carbonyl (C=O) groups excluding carboxylic acids is 1. The topological polar surface area (TPSA) is 84.9 Å². The predicted molar refractivity (Wildman–Crippen MR) is 107 cm³/mol. The van der Waals surface area contributed by atoms with Crippen molar-refractivity contribution in [1.82, 2.24) is 9.62 Å². The first-order valence-electron chi connectivity index (χ1n) is 8.79. The number of methoxy groups -OCH3 is 1. The van der Waals surface area contributed by atoms with Crippen molar-refractivity contribution in [3.8, 4) is 11.5 Å². The maximum Gasteiger partial charge on any atom is 0.251 e. The van der Waals surface area contributed by atoms with Gasteiger partial charge in [0.2, 0.25) is 10.0 Å². The van der Waals surface area contributed by atoms with Crippen LogP contribution < -0.4 is 14.8 Å². The SMILES string of the molecule is COc1cc(CNC(=O)c2cccc(S(=O)(=O)N(C)C)c2)ccc1OC(C)C. The van der Waals surface area contributed by atoms with Gasteiger partial charge in [-0.15, -0.1) is 0 Å². The molecular formula is C20H26N2O5S. The first-order valence-corrected chi connectivity index (χ1v) is 10.2. The number of ether oxygens (including phenoxy) is 2. The van der Waals surface area contributed by atoms with Crippen molar-refractivity contribution < 1.29 is 22.7 Å². The van der Waals surface area contributed by atoms with E-state index >= 15 is 0 Å². The maximum atomic E-state index is 12.5. The summed E-state index contributed by atoms with van der Waals surface area (Å²) in [6.07, 6.45) is 0.0187. The molecular weight excluding hydrogens is 380 g/mol. The Morgan fingerprint density at radius 1 is 1.11 bits per heavy atom. The fraction of sp³-hybridized carbons (Fsp3) is 0.350. The average molecular weight is 407 g/mol. The molecule has 0 spiro atoms. The third kappa shape index (κ3) is 5.24. The van der Waals surface area contributed by atoms with Crippen molar-refractivity contribution >= 4 is 15.9 Å². The van der Waals surface area contributed by atoms with Gasteiger partial charge in [-0.1, -0.05) is 12.1 Å². The molecule has 0 aromatic heterocycles. The Morgan fingerprint density at radius 2 is 1.82 bits per heavy atom. The Labute approximate surface area is 166 Å². The van der Waals surface area contributed by atoms with Gasteiger partial charge in [0.15, 0.2) is 11.5 Å². The Kier molecular flexibility index (Phi) is 7.04. The molecule has 0 unspecified atom stereocenters. The van der Waals surface area contributed by atoms with Gasteiger partial charge in [-0.3, -0.25) is 4.79 Å². The molecule has 0 saturated heterocycles. The van der Waals surface area contributed by atoms with Gasteiger partial charge in [0.05, 0.1) is 18.1 Å². The highest BCUT2D eigenvalue weighted by Crippen LogP contribution is 2.29. The van der Waals surface area contributed by atoms with E-state index in [0.717, 1.165) is 9.87 Å². The number of rotatable bonds is 8. The maximum absolute atomic E-state index is 12.5. The van der Waals surface area contributed by atoms with E-state index in [1.165, 1.54) is 26.2 Å². The van der Waals surface area contributed by atoms with Gasteiger partial charge in [0.1, 0.15) is 0 Å². The van der Waals surface area contributed by atoms with E-state index in [1.54, 1.807) is 31.4 Å². The van der Waals surface area contributed by atoms with Crippen LogP contribution in [0.3, 0.4) is 0 Å². The lowest BCUT2D eigenvalue weighted by Crippen LogP contribution is -2.25. The largest absolute Gasteiger partial charge is 0.493 e. The first kappa shape index (κ1) is 21.7. The van der Waals surface area contributed by atoms with E-state index in [1.807, 2.05) is 19.9 Å². The van der Waals surface area contributed by atoms with Gasteiger partial charge in [0, 0.05) is 26.2 Å². The molecule has 0 heterocycles. The molecule has 0 aliphatic heterocycles. The third-order valence-corrected chi connectivity index (χ3v) is 5.73. The molecule has 1 N–H and O–H groups in total.